The van der Waals surface area contributed by atoms with Gasteiger partial charge in [-0.2, -0.15) is 5.10 Å². The van der Waals surface area contributed by atoms with Crippen LogP contribution < -0.4 is 10.2 Å². The van der Waals surface area contributed by atoms with Gasteiger partial charge in [0.05, 0.1) is 11.9 Å². The van der Waals surface area contributed by atoms with Crippen molar-refractivity contribution in [2.24, 2.45) is 0 Å². The second kappa shape index (κ2) is 5.26. The maximum atomic E-state index is 12.7. The minimum absolute atomic E-state index is 0.0505. The summed E-state index contributed by atoms with van der Waals surface area (Å²) in [6, 6.07) is 0.222. The lowest BCUT2D eigenvalue weighted by Gasteiger charge is -2.40. The van der Waals surface area contributed by atoms with Gasteiger partial charge < -0.3 is 5.32 Å². The quantitative estimate of drug-likeness (QED) is 0.907. The first-order valence-electron chi connectivity index (χ1n) is 7.10. The van der Waals surface area contributed by atoms with Crippen LogP contribution in [0.5, 0.6) is 0 Å². The van der Waals surface area contributed by atoms with Gasteiger partial charge in [0, 0.05) is 12.2 Å². The Labute approximate surface area is 119 Å². The SMILES string of the molecule is CCC1(CC)NC(=O)CN(c2cnn(C(C)C)c2)C1=O. The summed E-state index contributed by atoms with van der Waals surface area (Å²) in [5, 5.41) is 7.09. The summed E-state index contributed by atoms with van der Waals surface area (Å²) < 4.78 is 1.79. The smallest absolute Gasteiger partial charge is 0.253 e. The van der Waals surface area contributed by atoms with E-state index in [1.165, 1.54) is 4.90 Å². The highest BCUT2D eigenvalue weighted by Gasteiger charge is 2.44. The van der Waals surface area contributed by atoms with E-state index in [-0.39, 0.29) is 24.4 Å². The fourth-order valence-corrected chi connectivity index (χ4v) is 2.52. The van der Waals surface area contributed by atoms with Gasteiger partial charge in [0.2, 0.25) is 5.91 Å². The van der Waals surface area contributed by atoms with E-state index in [4.69, 9.17) is 0 Å². The van der Waals surface area contributed by atoms with Crippen molar-refractivity contribution >= 4 is 17.5 Å². The molecule has 20 heavy (non-hydrogen) atoms. The first kappa shape index (κ1) is 14.6. The maximum Gasteiger partial charge on any atom is 0.253 e. The Balaban J connectivity index is 2.34. The van der Waals surface area contributed by atoms with Crippen LogP contribution in [-0.2, 0) is 9.59 Å². The summed E-state index contributed by atoms with van der Waals surface area (Å²) >= 11 is 0. The molecule has 1 saturated heterocycles. The fraction of sp³-hybridized carbons (Fsp3) is 0.643. The Morgan fingerprint density at radius 2 is 2.00 bits per heavy atom. The first-order valence-corrected chi connectivity index (χ1v) is 7.10. The van der Waals surface area contributed by atoms with Crippen LogP contribution in [-0.4, -0.2) is 33.7 Å². The Kier molecular flexibility index (Phi) is 3.83. The second-order valence-electron chi connectivity index (χ2n) is 5.50. The van der Waals surface area contributed by atoms with Crippen molar-refractivity contribution in [2.75, 3.05) is 11.4 Å². The van der Waals surface area contributed by atoms with Gasteiger partial charge in [0.15, 0.2) is 0 Å². The zero-order valence-electron chi connectivity index (χ0n) is 12.5. The average Bonchev–Trinajstić information content (AvgIpc) is 2.91. The summed E-state index contributed by atoms with van der Waals surface area (Å²) in [7, 11) is 0. The lowest BCUT2D eigenvalue weighted by Crippen LogP contribution is -2.66. The van der Waals surface area contributed by atoms with Gasteiger partial charge in [-0.05, 0) is 26.7 Å². The van der Waals surface area contributed by atoms with Crippen molar-refractivity contribution in [1.82, 2.24) is 15.1 Å². The molecule has 1 aromatic heterocycles. The van der Waals surface area contributed by atoms with E-state index < -0.39 is 5.54 Å². The zero-order chi connectivity index (χ0) is 14.9. The zero-order valence-corrected chi connectivity index (χ0v) is 12.5. The van der Waals surface area contributed by atoms with Crippen molar-refractivity contribution in [1.29, 1.82) is 0 Å². The predicted octanol–water partition coefficient (Wildman–Crippen LogP) is 1.49. The van der Waals surface area contributed by atoms with E-state index in [1.807, 2.05) is 33.9 Å². The molecule has 1 fully saturated rings. The summed E-state index contributed by atoms with van der Waals surface area (Å²) in [6.07, 6.45) is 4.63. The first-order chi connectivity index (χ1) is 9.43. The number of hydrogen-bond acceptors (Lipinski definition) is 3. The largest absolute Gasteiger partial charge is 0.340 e. The van der Waals surface area contributed by atoms with Crippen LogP contribution in [0.4, 0.5) is 5.69 Å². The number of aromatic nitrogens is 2. The summed E-state index contributed by atoms with van der Waals surface area (Å²) in [4.78, 5) is 26.2. The number of nitrogens with one attached hydrogen (secondary N) is 1. The highest BCUT2D eigenvalue weighted by atomic mass is 16.2. The van der Waals surface area contributed by atoms with Crippen LogP contribution in [0.15, 0.2) is 12.4 Å². The molecule has 1 aliphatic rings. The number of piperazine rings is 1. The van der Waals surface area contributed by atoms with Crippen molar-refractivity contribution in [2.45, 2.75) is 52.1 Å². The van der Waals surface area contributed by atoms with Gasteiger partial charge in [-0.3, -0.25) is 19.2 Å². The Morgan fingerprint density at radius 1 is 1.35 bits per heavy atom. The molecule has 1 N–H and O–H groups in total. The number of anilines is 1. The molecule has 0 radical (unpaired) electrons. The number of carbonyl (C=O) groups excluding carboxylic acids is 2. The third-order valence-corrected chi connectivity index (χ3v) is 3.97. The Morgan fingerprint density at radius 3 is 2.50 bits per heavy atom. The van der Waals surface area contributed by atoms with Crippen LogP contribution in [0.2, 0.25) is 0 Å². The van der Waals surface area contributed by atoms with Crippen LogP contribution in [0.3, 0.4) is 0 Å². The number of amides is 2. The summed E-state index contributed by atoms with van der Waals surface area (Å²) in [5.74, 6) is -0.170. The van der Waals surface area contributed by atoms with Gasteiger partial charge in [-0.25, -0.2) is 0 Å². The van der Waals surface area contributed by atoms with Gasteiger partial charge in [-0.1, -0.05) is 13.8 Å². The van der Waals surface area contributed by atoms with Crippen LogP contribution in [0.1, 0.15) is 46.6 Å². The van der Waals surface area contributed by atoms with E-state index in [0.717, 1.165) is 0 Å². The molecule has 1 aliphatic heterocycles. The lowest BCUT2D eigenvalue weighted by molar-refractivity contribution is -0.136. The number of nitrogens with zero attached hydrogens (tertiary/aromatic N) is 3. The topological polar surface area (TPSA) is 67.2 Å². The van der Waals surface area contributed by atoms with Gasteiger partial charge in [0.25, 0.3) is 5.91 Å². The van der Waals surface area contributed by atoms with E-state index in [9.17, 15) is 9.59 Å². The molecule has 0 aromatic carbocycles. The number of rotatable bonds is 4. The van der Waals surface area contributed by atoms with E-state index in [1.54, 1.807) is 10.9 Å². The molecule has 0 bridgehead atoms. The highest BCUT2D eigenvalue weighted by Crippen LogP contribution is 2.26. The third-order valence-electron chi connectivity index (χ3n) is 3.97. The minimum Gasteiger partial charge on any atom is -0.340 e. The van der Waals surface area contributed by atoms with Crippen molar-refractivity contribution in [3.05, 3.63) is 12.4 Å². The van der Waals surface area contributed by atoms with Crippen molar-refractivity contribution in [3.63, 3.8) is 0 Å². The van der Waals surface area contributed by atoms with Gasteiger partial charge in [-0.15, -0.1) is 0 Å². The molecule has 0 unspecified atom stereocenters. The molecule has 2 amide bonds. The number of carbonyl (C=O) groups is 2. The van der Waals surface area contributed by atoms with Crippen LogP contribution >= 0.6 is 0 Å². The highest BCUT2D eigenvalue weighted by molar-refractivity contribution is 6.09. The van der Waals surface area contributed by atoms with Crippen LogP contribution in [0.25, 0.3) is 0 Å². The van der Waals surface area contributed by atoms with Gasteiger partial charge in [0.1, 0.15) is 12.1 Å². The number of hydrogen-bond donors (Lipinski definition) is 1. The molecule has 0 atom stereocenters. The molecule has 0 spiro atoms. The third kappa shape index (κ3) is 2.30. The molecule has 110 valence electrons. The van der Waals surface area contributed by atoms with E-state index >= 15 is 0 Å². The van der Waals surface area contributed by atoms with E-state index in [0.29, 0.717) is 18.5 Å². The molecule has 2 rings (SSSR count). The van der Waals surface area contributed by atoms with Crippen LogP contribution in [0, 0.1) is 0 Å². The van der Waals surface area contributed by atoms with Crippen molar-refractivity contribution < 1.29 is 9.59 Å². The molecule has 1 aromatic rings. The molecule has 2 heterocycles. The Hall–Kier alpha value is -1.85. The Bertz CT molecular complexity index is 517. The predicted molar refractivity (Wildman–Crippen MR) is 76.4 cm³/mol. The molecular weight excluding hydrogens is 256 g/mol. The minimum atomic E-state index is -0.782. The monoisotopic (exact) mass is 278 g/mol. The molecule has 0 aliphatic carbocycles. The molecule has 6 heteroatoms. The fourth-order valence-electron chi connectivity index (χ4n) is 2.52. The molecular formula is C14H22N4O2. The summed E-state index contributed by atoms with van der Waals surface area (Å²) in [5.41, 5.74) is -0.0975. The average molecular weight is 278 g/mol. The standard InChI is InChI=1S/C14H22N4O2/c1-5-14(6-2)13(20)17(9-12(19)16-14)11-7-15-18(8-11)10(3)4/h7-8,10H,5-6,9H2,1-4H3,(H,16,19). The lowest BCUT2D eigenvalue weighted by atomic mass is 9.89. The van der Waals surface area contributed by atoms with Crippen molar-refractivity contribution in [3.8, 4) is 0 Å². The van der Waals surface area contributed by atoms with E-state index in [2.05, 4.69) is 10.4 Å². The normalized spacial score (nSPS) is 18.6. The van der Waals surface area contributed by atoms with Gasteiger partial charge >= 0.3 is 0 Å². The molecule has 6 nitrogen and oxygen atoms in total. The maximum absolute atomic E-state index is 12.7. The second-order valence-corrected chi connectivity index (χ2v) is 5.50. The summed E-state index contributed by atoms with van der Waals surface area (Å²) in [6.45, 7) is 7.93. The molecule has 0 saturated carbocycles.